The molecule has 5 nitrogen and oxygen atoms in total. The molecule has 1 fully saturated rings. The Bertz CT molecular complexity index is 583. The van der Waals surface area contributed by atoms with Gasteiger partial charge in [-0.25, -0.2) is 4.79 Å². The second-order valence-corrected chi connectivity index (χ2v) is 6.30. The molecule has 0 aromatic heterocycles. The van der Waals surface area contributed by atoms with Gasteiger partial charge in [0.05, 0.1) is 11.6 Å². The van der Waals surface area contributed by atoms with Crippen LogP contribution in [0.25, 0.3) is 0 Å². The topological polar surface area (TPSA) is 81.0 Å². The highest BCUT2D eigenvalue weighted by molar-refractivity contribution is 5.88. The van der Waals surface area contributed by atoms with Gasteiger partial charge in [0.25, 0.3) is 0 Å². The molecule has 3 rings (SSSR count). The maximum Gasteiger partial charge on any atom is 0.335 e. The van der Waals surface area contributed by atoms with Crippen LogP contribution < -0.4 is 0 Å². The van der Waals surface area contributed by atoms with Crippen molar-refractivity contribution in [3.8, 4) is 0 Å². The van der Waals surface area contributed by atoms with Crippen LogP contribution in [0.2, 0.25) is 0 Å². The van der Waals surface area contributed by atoms with Crippen LogP contribution in [0.5, 0.6) is 0 Å². The number of rotatable bonds is 1. The van der Waals surface area contributed by atoms with E-state index in [0.717, 1.165) is 18.5 Å². The zero-order valence-electron chi connectivity index (χ0n) is 11.6. The molecular formula is C15H19NO4. The summed E-state index contributed by atoms with van der Waals surface area (Å²) in [6.45, 7) is 2.84. The van der Waals surface area contributed by atoms with Crippen LogP contribution in [0.15, 0.2) is 18.2 Å². The van der Waals surface area contributed by atoms with Gasteiger partial charge in [-0.2, -0.15) is 0 Å². The molecule has 1 heterocycles. The summed E-state index contributed by atoms with van der Waals surface area (Å²) in [5, 5.41) is 30.2. The lowest BCUT2D eigenvalue weighted by Crippen LogP contribution is -2.60. The predicted octanol–water partition coefficient (Wildman–Crippen LogP) is 0.888. The van der Waals surface area contributed by atoms with Crippen molar-refractivity contribution in [3.63, 3.8) is 0 Å². The summed E-state index contributed by atoms with van der Waals surface area (Å²) < 4.78 is 0. The van der Waals surface area contributed by atoms with Crippen LogP contribution in [0.3, 0.4) is 0 Å². The van der Waals surface area contributed by atoms with Gasteiger partial charge in [-0.1, -0.05) is 13.0 Å². The largest absolute Gasteiger partial charge is 0.478 e. The Balaban J connectivity index is 2.22. The van der Waals surface area contributed by atoms with Gasteiger partial charge in [-0.3, -0.25) is 4.90 Å². The number of hydrogen-bond donors (Lipinski definition) is 3. The summed E-state index contributed by atoms with van der Waals surface area (Å²) in [6.07, 6.45) is 1.50. The zero-order chi connectivity index (χ0) is 14.7. The first-order valence-electron chi connectivity index (χ1n) is 6.79. The van der Waals surface area contributed by atoms with Crippen LogP contribution in [-0.4, -0.2) is 45.8 Å². The Morgan fingerprint density at radius 3 is 2.70 bits per heavy atom. The second kappa shape index (κ2) is 4.04. The molecule has 0 saturated carbocycles. The van der Waals surface area contributed by atoms with Crippen LogP contribution in [-0.2, 0) is 11.2 Å². The van der Waals surface area contributed by atoms with Gasteiger partial charge in [-0.15, -0.1) is 0 Å². The van der Waals surface area contributed by atoms with Gasteiger partial charge in [0.1, 0.15) is 0 Å². The molecule has 1 aromatic carbocycles. The molecule has 1 aromatic rings. The normalized spacial score (nSPS) is 31.7. The minimum absolute atomic E-state index is 0.193. The van der Waals surface area contributed by atoms with Gasteiger partial charge < -0.3 is 15.3 Å². The fourth-order valence-electron chi connectivity index (χ4n) is 3.63. The summed E-state index contributed by atoms with van der Waals surface area (Å²) in [7, 11) is 1.89. The van der Waals surface area contributed by atoms with Crippen molar-refractivity contribution in [1.82, 2.24) is 4.90 Å². The number of carboxylic acid groups (broad SMARTS) is 1. The van der Waals surface area contributed by atoms with Crippen molar-refractivity contribution >= 4 is 5.97 Å². The van der Waals surface area contributed by atoms with Gasteiger partial charge >= 0.3 is 5.97 Å². The fraction of sp³-hybridized carbons (Fsp3) is 0.533. The molecule has 20 heavy (non-hydrogen) atoms. The van der Waals surface area contributed by atoms with Crippen molar-refractivity contribution in [2.75, 3.05) is 13.6 Å². The number of carboxylic acids is 1. The zero-order valence-corrected chi connectivity index (χ0v) is 11.6. The van der Waals surface area contributed by atoms with E-state index in [1.54, 1.807) is 12.1 Å². The molecule has 1 saturated heterocycles. The molecule has 2 bridgehead atoms. The molecule has 1 aliphatic heterocycles. The van der Waals surface area contributed by atoms with Crippen LogP contribution >= 0.6 is 0 Å². The third kappa shape index (κ3) is 1.70. The standard InChI is InChI=1S/C15H19NO4/c1-14-5-6-16(2)12(8-14)15(19,20)10-4-3-9(13(17)18)7-11(10)14/h3-4,7,12,19-20H,5-6,8H2,1-2H3,(H,17,18). The lowest BCUT2D eigenvalue weighted by molar-refractivity contribution is -0.232. The maximum atomic E-state index is 11.1. The van der Waals surface area contributed by atoms with Gasteiger partial charge in [0, 0.05) is 5.56 Å². The lowest BCUT2D eigenvalue weighted by atomic mass is 9.62. The van der Waals surface area contributed by atoms with Crippen LogP contribution in [0.1, 0.15) is 41.3 Å². The summed E-state index contributed by atoms with van der Waals surface area (Å²) >= 11 is 0. The van der Waals surface area contributed by atoms with Crippen LogP contribution in [0.4, 0.5) is 0 Å². The van der Waals surface area contributed by atoms with Gasteiger partial charge in [-0.05, 0) is 49.5 Å². The molecule has 0 radical (unpaired) electrons. The first kappa shape index (κ1) is 13.5. The Morgan fingerprint density at radius 2 is 2.05 bits per heavy atom. The highest BCUT2D eigenvalue weighted by atomic mass is 16.5. The molecule has 0 spiro atoms. The van der Waals surface area contributed by atoms with Crippen molar-refractivity contribution in [3.05, 3.63) is 34.9 Å². The third-order valence-electron chi connectivity index (χ3n) is 4.97. The van der Waals surface area contributed by atoms with Crippen molar-refractivity contribution in [2.45, 2.75) is 37.0 Å². The maximum absolute atomic E-state index is 11.1. The van der Waals surface area contributed by atoms with Crippen molar-refractivity contribution < 1.29 is 20.1 Å². The third-order valence-corrected chi connectivity index (χ3v) is 4.97. The SMILES string of the molecule is CN1CCC2(C)CC1C(O)(O)c1ccc(C(=O)O)cc12. The Labute approximate surface area is 117 Å². The summed E-state index contributed by atoms with van der Waals surface area (Å²) in [5.74, 6) is -2.92. The number of nitrogens with zero attached hydrogens (tertiary/aromatic N) is 1. The van der Waals surface area contributed by atoms with E-state index in [4.69, 9.17) is 5.11 Å². The van der Waals surface area contributed by atoms with E-state index >= 15 is 0 Å². The molecule has 1 aliphatic carbocycles. The number of benzene rings is 1. The predicted molar refractivity (Wildman–Crippen MR) is 72.5 cm³/mol. The Morgan fingerprint density at radius 1 is 1.35 bits per heavy atom. The molecule has 2 unspecified atom stereocenters. The van der Waals surface area contributed by atoms with Crippen LogP contribution in [0, 0.1) is 0 Å². The molecular weight excluding hydrogens is 258 g/mol. The Kier molecular flexibility index (Phi) is 2.73. The number of fused-ring (bicyclic) bond motifs is 4. The van der Waals surface area contributed by atoms with E-state index in [-0.39, 0.29) is 17.0 Å². The highest BCUT2D eigenvalue weighted by Crippen LogP contribution is 2.50. The second-order valence-electron chi connectivity index (χ2n) is 6.30. The first-order chi connectivity index (χ1) is 9.25. The number of likely N-dealkylation sites (N-methyl/N-ethyl adjacent to an activating group) is 1. The minimum Gasteiger partial charge on any atom is -0.478 e. The smallest absolute Gasteiger partial charge is 0.335 e. The molecule has 3 N–H and O–H groups in total. The molecule has 0 amide bonds. The number of likely N-dealkylation sites (tertiary alicyclic amines) is 1. The quantitative estimate of drug-likeness (QED) is 0.664. The first-order valence-corrected chi connectivity index (χ1v) is 6.79. The summed E-state index contributed by atoms with van der Waals surface area (Å²) in [5.41, 5.74) is 1.19. The highest BCUT2D eigenvalue weighted by Gasteiger charge is 2.53. The molecule has 2 aliphatic rings. The molecule has 108 valence electrons. The number of piperidine rings is 1. The average molecular weight is 277 g/mol. The number of aromatic carboxylic acids is 1. The average Bonchev–Trinajstić information content (AvgIpc) is 2.40. The van der Waals surface area contributed by atoms with E-state index in [0.29, 0.717) is 12.0 Å². The minimum atomic E-state index is -1.93. The number of hydrogen-bond acceptors (Lipinski definition) is 4. The molecule has 2 atom stereocenters. The van der Waals surface area contributed by atoms with Crippen molar-refractivity contribution in [2.24, 2.45) is 0 Å². The monoisotopic (exact) mass is 277 g/mol. The van der Waals surface area contributed by atoms with E-state index in [9.17, 15) is 15.0 Å². The van der Waals surface area contributed by atoms with Gasteiger partial charge in [0.2, 0.25) is 5.79 Å². The summed E-state index contributed by atoms with van der Waals surface area (Å²) in [4.78, 5) is 13.1. The number of aliphatic hydroxyl groups is 2. The summed E-state index contributed by atoms with van der Waals surface area (Å²) in [6, 6.07) is 4.22. The van der Waals surface area contributed by atoms with Gasteiger partial charge in [0.15, 0.2) is 0 Å². The van der Waals surface area contributed by atoms with E-state index in [1.807, 2.05) is 11.9 Å². The molecule has 5 heteroatoms. The fourth-order valence-corrected chi connectivity index (χ4v) is 3.63. The lowest BCUT2D eigenvalue weighted by Gasteiger charge is -2.53. The Hall–Kier alpha value is -1.43. The number of carbonyl (C=O) groups is 1. The van der Waals surface area contributed by atoms with Crippen molar-refractivity contribution in [1.29, 1.82) is 0 Å². The van der Waals surface area contributed by atoms with E-state index in [1.165, 1.54) is 6.07 Å². The van der Waals surface area contributed by atoms with E-state index in [2.05, 4.69) is 6.92 Å². The van der Waals surface area contributed by atoms with E-state index < -0.39 is 11.8 Å².